The molecule has 0 spiro atoms. The van der Waals surface area contributed by atoms with E-state index in [4.69, 9.17) is 14.6 Å². The van der Waals surface area contributed by atoms with Gasteiger partial charge in [0, 0.05) is 13.1 Å². The summed E-state index contributed by atoms with van der Waals surface area (Å²) in [5, 5.41) is 8.59. The number of nitrogens with zero attached hydrogens (tertiary/aromatic N) is 3. The van der Waals surface area contributed by atoms with Gasteiger partial charge in [0.1, 0.15) is 0 Å². The molecule has 0 aliphatic carbocycles. The van der Waals surface area contributed by atoms with Crippen molar-refractivity contribution in [1.29, 1.82) is 0 Å². The summed E-state index contributed by atoms with van der Waals surface area (Å²) in [4.78, 5) is 21.2. The van der Waals surface area contributed by atoms with Crippen molar-refractivity contribution in [1.82, 2.24) is 9.97 Å². The van der Waals surface area contributed by atoms with Gasteiger partial charge in [0.2, 0.25) is 5.88 Å². The van der Waals surface area contributed by atoms with E-state index in [1.165, 1.54) is 0 Å². The van der Waals surface area contributed by atoms with Crippen molar-refractivity contribution in [2.24, 2.45) is 0 Å². The molecular formula is C14H21N3O4. The van der Waals surface area contributed by atoms with Crippen molar-refractivity contribution in [3.63, 3.8) is 0 Å². The molecule has 2 rings (SSSR count). The summed E-state index contributed by atoms with van der Waals surface area (Å²) in [5.41, 5.74) is 0. The number of hydrogen-bond donors (Lipinski definition) is 1. The number of rotatable bonds is 7. The number of anilines is 1. The molecule has 0 atom stereocenters. The average molecular weight is 295 g/mol. The molecular weight excluding hydrogens is 274 g/mol. The zero-order valence-electron chi connectivity index (χ0n) is 12.2. The highest BCUT2D eigenvalue weighted by atomic mass is 16.5. The minimum absolute atomic E-state index is 0.0576. The third-order valence-corrected chi connectivity index (χ3v) is 3.33. The highest BCUT2D eigenvalue weighted by molar-refractivity contribution is 5.66. The number of carboxylic acid groups (broad SMARTS) is 1. The molecule has 1 saturated heterocycles. The van der Waals surface area contributed by atoms with E-state index < -0.39 is 5.97 Å². The summed E-state index contributed by atoms with van der Waals surface area (Å²) in [6.45, 7) is 4.40. The molecule has 116 valence electrons. The third-order valence-electron chi connectivity index (χ3n) is 3.33. The lowest BCUT2D eigenvalue weighted by Gasteiger charge is -2.32. The Hall–Kier alpha value is -1.89. The van der Waals surface area contributed by atoms with Gasteiger partial charge < -0.3 is 19.5 Å². The molecule has 7 nitrogen and oxygen atoms in total. The maximum atomic E-state index is 10.4. The van der Waals surface area contributed by atoms with E-state index in [1.54, 1.807) is 12.4 Å². The predicted molar refractivity (Wildman–Crippen MR) is 76.6 cm³/mol. The minimum atomic E-state index is -0.824. The maximum Gasteiger partial charge on any atom is 0.305 e. The molecule has 0 amide bonds. The molecule has 2 heterocycles. The van der Waals surface area contributed by atoms with E-state index in [0.717, 1.165) is 31.7 Å². The molecule has 1 aliphatic heterocycles. The summed E-state index contributed by atoms with van der Waals surface area (Å²) < 4.78 is 10.9. The molecule has 1 aromatic heterocycles. The fourth-order valence-corrected chi connectivity index (χ4v) is 2.27. The number of aliphatic carboxylic acids is 1. The molecule has 0 bridgehead atoms. The number of aromatic nitrogens is 2. The molecule has 21 heavy (non-hydrogen) atoms. The van der Waals surface area contributed by atoms with Crippen molar-refractivity contribution < 1.29 is 19.4 Å². The number of carboxylic acids is 1. The van der Waals surface area contributed by atoms with Gasteiger partial charge in [-0.3, -0.25) is 9.78 Å². The number of piperidine rings is 1. The highest BCUT2D eigenvalue weighted by Crippen LogP contribution is 2.20. The van der Waals surface area contributed by atoms with E-state index >= 15 is 0 Å². The maximum absolute atomic E-state index is 10.4. The van der Waals surface area contributed by atoms with Gasteiger partial charge in [-0.2, -0.15) is 4.98 Å². The first-order chi connectivity index (χ1) is 10.2. The van der Waals surface area contributed by atoms with E-state index in [1.807, 2.05) is 6.92 Å². The van der Waals surface area contributed by atoms with Crippen LogP contribution in [0.3, 0.4) is 0 Å². The van der Waals surface area contributed by atoms with E-state index in [9.17, 15) is 4.79 Å². The van der Waals surface area contributed by atoms with Crippen LogP contribution in [0.2, 0.25) is 0 Å². The van der Waals surface area contributed by atoms with Crippen LogP contribution in [0.25, 0.3) is 0 Å². The molecule has 1 aliphatic rings. The van der Waals surface area contributed by atoms with E-state index in [2.05, 4.69) is 14.9 Å². The first-order valence-electron chi connectivity index (χ1n) is 7.22. The Kier molecular flexibility index (Phi) is 5.74. The van der Waals surface area contributed by atoms with E-state index in [-0.39, 0.29) is 19.1 Å². The van der Waals surface area contributed by atoms with Crippen LogP contribution in [0.4, 0.5) is 5.82 Å². The fourth-order valence-electron chi connectivity index (χ4n) is 2.27. The molecule has 0 radical (unpaired) electrons. The van der Waals surface area contributed by atoms with Gasteiger partial charge >= 0.3 is 5.97 Å². The lowest BCUT2D eigenvalue weighted by atomic mass is 10.1. The second-order valence-electron chi connectivity index (χ2n) is 4.85. The summed E-state index contributed by atoms with van der Waals surface area (Å²) >= 11 is 0. The van der Waals surface area contributed by atoms with Crippen LogP contribution in [0, 0.1) is 0 Å². The summed E-state index contributed by atoms with van der Waals surface area (Å²) in [6.07, 6.45) is 5.24. The lowest BCUT2D eigenvalue weighted by Crippen LogP contribution is -2.37. The number of ether oxygens (including phenoxy) is 2. The van der Waals surface area contributed by atoms with Crippen LogP contribution < -0.4 is 9.64 Å². The van der Waals surface area contributed by atoms with Crippen LogP contribution >= 0.6 is 0 Å². The Bertz CT molecular complexity index is 461. The highest BCUT2D eigenvalue weighted by Gasteiger charge is 2.21. The summed E-state index contributed by atoms with van der Waals surface area (Å²) in [7, 11) is 0. The Morgan fingerprint density at radius 3 is 2.86 bits per heavy atom. The Morgan fingerprint density at radius 1 is 1.43 bits per heavy atom. The van der Waals surface area contributed by atoms with Crippen molar-refractivity contribution in [2.45, 2.75) is 32.3 Å². The summed E-state index contributed by atoms with van der Waals surface area (Å²) in [6, 6.07) is 0. The smallest absolute Gasteiger partial charge is 0.305 e. The third kappa shape index (κ3) is 4.86. The molecule has 0 unspecified atom stereocenters. The fraction of sp³-hybridized carbons (Fsp3) is 0.643. The van der Waals surface area contributed by atoms with Crippen LogP contribution in [0.15, 0.2) is 12.4 Å². The van der Waals surface area contributed by atoms with Crippen molar-refractivity contribution >= 4 is 11.8 Å². The normalized spacial score (nSPS) is 16.0. The monoisotopic (exact) mass is 295 g/mol. The van der Waals surface area contributed by atoms with Gasteiger partial charge in [-0.1, -0.05) is 0 Å². The van der Waals surface area contributed by atoms with Crippen LogP contribution in [0.1, 0.15) is 26.2 Å². The van der Waals surface area contributed by atoms with Gasteiger partial charge in [-0.05, 0) is 19.8 Å². The lowest BCUT2D eigenvalue weighted by molar-refractivity contribution is -0.138. The summed E-state index contributed by atoms with van der Waals surface area (Å²) in [5.74, 6) is 0.523. The van der Waals surface area contributed by atoms with Crippen molar-refractivity contribution in [3.05, 3.63) is 12.4 Å². The first-order valence-corrected chi connectivity index (χ1v) is 7.22. The van der Waals surface area contributed by atoms with E-state index in [0.29, 0.717) is 12.5 Å². The van der Waals surface area contributed by atoms with Gasteiger partial charge in [0.25, 0.3) is 0 Å². The average Bonchev–Trinajstić information content (AvgIpc) is 2.48. The largest absolute Gasteiger partial charge is 0.481 e. The molecule has 1 fully saturated rings. The Labute approximate surface area is 123 Å². The van der Waals surface area contributed by atoms with Gasteiger partial charge in [-0.25, -0.2) is 0 Å². The number of carbonyl (C=O) groups is 1. The quantitative estimate of drug-likeness (QED) is 0.812. The minimum Gasteiger partial charge on any atom is -0.481 e. The molecule has 0 aromatic carbocycles. The standard InChI is InChI=1S/C14H21N3O4/c1-2-20-13-10-15-9-12(16-13)17-6-3-11(4-7-17)21-8-5-14(18)19/h9-11H,2-8H2,1H3,(H,18,19). The first kappa shape index (κ1) is 15.5. The Balaban J connectivity index is 1.80. The predicted octanol–water partition coefficient (Wildman–Crippen LogP) is 1.34. The topological polar surface area (TPSA) is 84.8 Å². The zero-order chi connectivity index (χ0) is 15.1. The molecule has 1 aromatic rings. The van der Waals surface area contributed by atoms with Gasteiger partial charge in [-0.15, -0.1) is 0 Å². The second kappa shape index (κ2) is 7.78. The zero-order valence-corrected chi connectivity index (χ0v) is 12.2. The van der Waals surface area contributed by atoms with Gasteiger partial charge in [0.05, 0.1) is 38.1 Å². The number of hydrogen-bond acceptors (Lipinski definition) is 6. The van der Waals surface area contributed by atoms with Crippen LogP contribution in [-0.4, -0.2) is 53.5 Å². The van der Waals surface area contributed by atoms with Crippen molar-refractivity contribution in [3.8, 4) is 5.88 Å². The SMILES string of the molecule is CCOc1cncc(N2CCC(OCCC(=O)O)CC2)n1. The molecule has 7 heteroatoms. The van der Waals surface area contributed by atoms with Gasteiger partial charge in [0.15, 0.2) is 5.82 Å². The van der Waals surface area contributed by atoms with Crippen molar-refractivity contribution in [2.75, 3.05) is 31.2 Å². The molecule has 0 saturated carbocycles. The molecule has 1 N–H and O–H groups in total. The Morgan fingerprint density at radius 2 is 2.19 bits per heavy atom. The van der Waals surface area contributed by atoms with Crippen LogP contribution in [0.5, 0.6) is 5.88 Å². The van der Waals surface area contributed by atoms with Crippen LogP contribution in [-0.2, 0) is 9.53 Å². The second-order valence-corrected chi connectivity index (χ2v) is 4.85.